The van der Waals surface area contributed by atoms with Crippen LogP contribution < -0.4 is 5.32 Å². The molecular formula is C21H19BrN2O3. The van der Waals surface area contributed by atoms with Crippen molar-refractivity contribution in [2.75, 3.05) is 11.9 Å². The Morgan fingerprint density at radius 3 is 2.44 bits per heavy atom. The molecule has 3 rings (SSSR count). The number of aryl methyl sites for hydroxylation is 1. The number of rotatable bonds is 6. The van der Waals surface area contributed by atoms with Crippen LogP contribution in [0.5, 0.6) is 0 Å². The van der Waals surface area contributed by atoms with Gasteiger partial charge in [-0.15, -0.1) is 0 Å². The minimum absolute atomic E-state index is 0.0885. The fourth-order valence-corrected chi connectivity index (χ4v) is 2.98. The highest BCUT2D eigenvalue weighted by Crippen LogP contribution is 2.21. The molecule has 0 aliphatic rings. The normalized spacial score (nSPS) is 10.4. The standard InChI is InChI=1S/C21H19BrN2O3/c1-15-8-10-16(11-9-15)21(26)24(13-17-5-4-12-27-17)14-20(25)23-19-7-3-2-6-18(19)22/h2-12H,13-14H2,1H3,(H,23,25). The van der Waals surface area contributed by atoms with Crippen molar-refractivity contribution >= 4 is 33.4 Å². The highest BCUT2D eigenvalue weighted by atomic mass is 79.9. The van der Waals surface area contributed by atoms with E-state index in [4.69, 9.17) is 4.42 Å². The lowest BCUT2D eigenvalue weighted by Crippen LogP contribution is -2.37. The van der Waals surface area contributed by atoms with E-state index in [9.17, 15) is 9.59 Å². The number of carbonyl (C=O) groups excluding carboxylic acids is 2. The van der Waals surface area contributed by atoms with Gasteiger partial charge in [0, 0.05) is 10.0 Å². The van der Waals surface area contributed by atoms with E-state index in [-0.39, 0.29) is 24.9 Å². The SMILES string of the molecule is Cc1ccc(C(=O)N(CC(=O)Nc2ccccc2Br)Cc2ccco2)cc1. The molecule has 0 saturated heterocycles. The lowest BCUT2D eigenvalue weighted by molar-refractivity contribution is -0.117. The van der Waals surface area contributed by atoms with Crippen molar-refractivity contribution in [3.05, 3.63) is 88.3 Å². The van der Waals surface area contributed by atoms with Gasteiger partial charge >= 0.3 is 0 Å². The zero-order valence-corrected chi connectivity index (χ0v) is 16.4. The molecule has 1 heterocycles. The third-order valence-electron chi connectivity index (χ3n) is 3.99. The average Bonchev–Trinajstić information content (AvgIpc) is 3.16. The molecule has 2 amide bonds. The third kappa shape index (κ3) is 5.08. The van der Waals surface area contributed by atoms with Crippen LogP contribution >= 0.6 is 15.9 Å². The molecule has 2 aromatic carbocycles. The smallest absolute Gasteiger partial charge is 0.254 e. The largest absolute Gasteiger partial charge is 0.467 e. The van der Waals surface area contributed by atoms with E-state index >= 15 is 0 Å². The van der Waals surface area contributed by atoms with Gasteiger partial charge < -0.3 is 14.6 Å². The number of hydrogen-bond acceptors (Lipinski definition) is 3. The van der Waals surface area contributed by atoms with Gasteiger partial charge in [0.25, 0.3) is 5.91 Å². The minimum Gasteiger partial charge on any atom is -0.467 e. The van der Waals surface area contributed by atoms with Gasteiger partial charge in [-0.25, -0.2) is 0 Å². The van der Waals surface area contributed by atoms with Crippen molar-refractivity contribution < 1.29 is 14.0 Å². The Morgan fingerprint density at radius 2 is 1.78 bits per heavy atom. The number of furan rings is 1. The molecule has 5 nitrogen and oxygen atoms in total. The number of anilines is 1. The van der Waals surface area contributed by atoms with E-state index < -0.39 is 0 Å². The summed E-state index contributed by atoms with van der Waals surface area (Å²) in [7, 11) is 0. The third-order valence-corrected chi connectivity index (χ3v) is 4.69. The molecule has 138 valence electrons. The molecule has 0 aliphatic carbocycles. The molecule has 27 heavy (non-hydrogen) atoms. The number of amides is 2. The number of carbonyl (C=O) groups is 2. The summed E-state index contributed by atoms with van der Waals surface area (Å²) in [5.41, 5.74) is 2.25. The Kier molecular flexibility index (Phi) is 6.08. The van der Waals surface area contributed by atoms with Crippen molar-refractivity contribution in [2.45, 2.75) is 13.5 Å². The summed E-state index contributed by atoms with van der Waals surface area (Å²) in [5.74, 6) is 0.103. The molecule has 0 saturated carbocycles. The van der Waals surface area contributed by atoms with E-state index in [1.54, 1.807) is 36.6 Å². The van der Waals surface area contributed by atoms with Crippen LogP contribution in [-0.4, -0.2) is 23.3 Å². The molecule has 0 atom stereocenters. The van der Waals surface area contributed by atoms with Gasteiger partial charge in [0.1, 0.15) is 12.3 Å². The Hall–Kier alpha value is -2.86. The fourth-order valence-electron chi connectivity index (χ4n) is 2.59. The molecule has 3 aromatic rings. The Bertz CT molecular complexity index is 921. The summed E-state index contributed by atoms with van der Waals surface area (Å²) in [6, 6.07) is 18.1. The molecule has 1 N–H and O–H groups in total. The van der Waals surface area contributed by atoms with Gasteiger partial charge in [0.2, 0.25) is 5.91 Å². The van der Waals surface area contributed by atoms with E-state index in [1.165, 1.54) is 4.90 Å². The molecule has 6 heteroatoms. The second-order valence-electron chi connectivity index (χ2n) is 6.13. The molecule has 0 aliphatic heterocycles. The summed E-state index contributed by atoms with van der Waals surface area (Å²) in [4.78, 5) is 26.9. The second kappa shape index (κ2) is 8.68. The van der Waals surface area contributed by atoms with Crippen LogP contribution in [0.3, 0.4) is 0 Å². The van der Waals surface area contributed by atoms with E-state index in [1.807, 2.05) is 37.3 Å². The van der Waals surface area contributed by atoms with Crippen molar-refractivity contribution in [1.82, 2.24) is 4.90 Å². The first-order chi connectivity index (χ1) is 13.0. The van der Waals surface area contributed by atoms with Crippen LogP contribution in [-0.2, 0) is 11.3 Å². The van der Waals surface area contributed by atoms with Crippen molar-refractivity contribution in [3.63, 3.8) is 0 Å². The average molecular weight is 427 g/mol. The maximum Gasteiger partial charge on any atom is 0.254 e. The molecule has 0 bridgehead atoms. The number of nitrogens with one attached hydrogen (secondary N) is 1. The zero-order chi connectivity index (χ0) is 19.2. The number of benzene rings is 2. The van der Waals surface area contributed by atoms with Gasteiger partial charge in [-0.1, -0.05) is 29.8 Å². The quantitative estimate of drug-likeness (QED) is 0.624. The molecule has 0 spiro atoms. The van der Waals surface area contributed by atoms with E-state index in [0.29, 0.717) is 17.0 Å². The molecule has 0 unspecified atom stereocenters. The monoisotopic (exact) mass is 426 g/mol. The van der Waals surface area contributed by atoms with Crippen molar-refractivity contribution in [2.24, 2.45) is 0 Å². The minimum atomic E-state index is -0.283. The van der Waals surface area contributed by atoms with Gasteiger partial charge in [-0.3, -0.25) is 9.59 Å². The summed E-state index contributed by atoms with van der Waals surface area (Å²) in [6.45, 7) is 2.08. The van der Waals surface area contributed by atoms with Crippen LogP contribution in [0.4, 0.5) is 5.69 Å². The van der Waals surface area contributed by atoms with Gasteiger partial charge in [0.05, 0.1) is 18.5 Å². The lowest BCUT2D eigenvalue weighted by atomic mass is 10.1. The first kappa shape index (κ1) is 18.9. The topological polar surface area (TPSA) is 62.6 Å². The van der Waals surface area contributed by atoms with Crippen LogP contribution in [0, 0.1) is 6.92 Å². The Balaban J connectivity index is 1.77. The zero-order valence-electron chi connectivity index (χ0n) is 14.8. The Labute approximate surface area is 166 Å². The van der Waals surface area contributed by atoms with Crippen LogP contribution in [0.1, 0.15) is 21.7 Å². The van der Waals surface area contributed by atoms with Gasteiger partial charge in [-0.05, 0) is 59.3 Å². The number of para-hydroxylation sites is 1. The van der Waals surface area contributed by atoms with Gasteiger partial charge in [0.15, 0.2) is 0 Å². The number of hydrogen-bond donors (Lipinski definition) is 1. The predicted octanol–water partition coefficient (Wildman–Crippen LogP) is 4.63. The highest BCUT2D eigenvalue weighted by molar-refractivity contribution is 9.10. The molecule has 0 fully saturated rings. The molecular weight excluding hydrogens is 408 g/mol. The lowest BCUT2D eigenvalue weighted by Gasteiger charge is -2.21. The van der Waals surface area contributed by atoms with E-state index in [0.717, 1.165) is 10.0 Å². The fraction of sp³-hybridized carbons (Fsp3) is 0.143. The molecule has 0 radical (unpaired) electrons. The predicted molar refractivity (Wildman–Crippen MR) is 107 cm³/mol. The number of nitrogens with zero attached hydrogens (tertiary/aromatic N) is 1. The summed E-state index contributed by atoms with van der Waals surface area (Å²) in [5, 5.41) is 2.83. The van der Waals surface area contributed by atoms with E-state index in [2.05, 4.69) is 21.2 Å². The van der Waals surface area contributed by atoms with Crippen LogP contribution in [0.15, 0.2) is 75.8 Å². The second-order valence-corrected chi connectivity index (χ2v) is 6.99. The van der Waals surface area contributed by atoms with Crippen molar-refractivity contribution in [3.8, 4) is 0 Å². The Morgan fingerprint density at radius 1 is 1.04 bits per heavy atom. The van der Waals surface area contributed by atoms with Gasteiger partial charge in [-0.2, -0.15) is 0 Å². The maximum absolute atomic E-state index is 12.9. The molecule has 1 aromatic heterocycles. The maximum atomic E-state index is 12.9. The summed E-state index contributed by atoms with van der Waals surface area (Å²) in [6.07, 6.45) is 1.55. The first-order valence-corrected chi connectivity index (χ1v) is 9.25. The van der Waals surface area contributed by atoms with Crippen LogP contribution in [0.25, 0.3) is 0 Å². The summed E-state index contributed by atoms with van der Waals surface area (Å²) < 4.78 is 6.13. The highest BCUT2D eigenvalue weighted by Gasteiger charge is 2.20. The summed E-state index contributed by atoms with van der Waals surface area (Å²) >= 11 is 3.40. The number of halogens is 1. The first-order valence-electron chi connectivity index (χ1n) is 8.45. The van der Waals surface area contributed by atoms with Crippen LogP contribution in [0.2, 0.25) is 0 Å². The van der Waals surface area contributed by atoms with Crippen molar-refractivity contribution in [1.29, 1.82) is 0 Å².